The van der Waals surface area contributed by atoms with Crippen molar-refractivity contribution in [2.45, 2.75) is 44.2 Å². The molecule has 1 saturated heterocycles. The van der Waals surface area contributed by atoms with Crippen molar-refractivity contribution < 1.29 is 19.4 Å². The normalized spacial score (nSPS) is 21.7. The summed E-state index contributed by atoms with van der Waals surface area (Å²) < 4.78 is 5.38. The Morgan fingerprint density at radius 3 is 2.50 bits per heavy atom. The van der Waals surface area contributed by atoms with Crippen LogP contribution >= 0.6 is 11.8 Å². The fraction of sp³-hybridized carbons (Fsp3) is 0.500. The Hall–Kier alpha value is -1.69. The van der Waals surface area contributed by atoms with E-state index < -0.39 is 23.7 Å². The van der Waals surface area contributed by atoms with Crippen molar-refractivity contribution in [2.24, 2.45) is 0 Å². The summed E-state index contributed by atoms with van der Waals surface area (Å²) in [7, 11) is 0. The molecule has 2 rings (SSSR count). The summed E-state index contributed by atoms with van der Waals surface area (Å²) in [6.45, 7) is 5.32. The summed E-state index contributed by atoms with van der Waals surface area (Å²) in [5.74, 6) is -0.611. The van der Waals surface area contributed by atoms with Gasteiger partial charge in [0.1, 0.15) is 11.6 Å². The van der Waals surface area contributed by atoms with Gasteiger partial charge in [-0.25, -0.2) is 9.59 Å². The van der Waals surface area contributed by atoms with Crippen LogP contribution in [0.2, 0.25) is 0 Å². The number of carbonyl (C=O) groups is 2. The molecule has 0 spiro atoms. The Morgan fingerprint density at radius 1 is 1.32 bits per heavy atom. The highest BCUT2D eigenvalue weighted by Crippen LogP contribution is 2.33. The van der Waals surface area contributed by atoms with Crippen LogP contribution in [-0.4, -0.2) is 44.8 Å². The van der Waals surface area contributed by atoms with E-state index in [9.17, 15) is 14.7 Å². The maximum atomic E-state index is 12.4. The molecule has 1 amide bonds. The highest BCUT2D eigenvalue weighted by Gasteiger charge is 2.43. The van der Waals surface area contributed by atoms with Crippen molar-refractivity contribution in [3.05, 3.63) is 35.9 Å². The molecule has 0 radical (unpaired) electrons. The number of carboxylic acids is 1. The minimum Gasteiger partial charge on any atom is -0.480 e. The van der Waals surface area contributed by atoms with Crippen LogP contribution in [0, 0.1) is 0 Å². The lowest BCUT2D eigenvalue weighted by molar-refractivity contribution is -0.142. The lowest BCUT2D eigenvalue weighted by Crippen LogP contribution is -2.48. The smallest absolute Gasteiger partial charge is 0.411 e. The van der Waals surface area contributed by atoms with Crippen LogP contribution in [0.3, 0.4) is 0 Å². The number of aliphatic carboxylic acids is 1. The van der Waals surface area contributed by atoms with Crippen LogP contribution in [0.25, 0.3) is 0 Å². The first-order valence-electron chi connectivity index (χ1n) is 7.17. The number of benzene rings is 1. The second-order valence-corrected chi connectivity index (χ2v) is 7.43. The molecule has 120 valence electrons. The Labute approximate surface area is 134 Å². The van der Waals surface area contributed by atoms with Gasteiger partial charge < -0.3 is 9.84 Å². The first-order chi connectivity index (χ1) is 10.3. The lowest BCUT2D eigenvalue weighted by Gasteiger charge is -2.30. The number of hydrogen-bond donors (Lipinski definition) is 1. The van der Waals surface area contributed by atoms with E-state index in [-0.39, 0.29) is 5.37 Å². The fourth-order valence-corrected chi connectivity index (χ4v) is 3.70. The molecule has 1 heterocycles. The molecule has 0 aromatic heterocycles. The zero-order chi connectivity index (χ0) is 16.3. The van der Waals surface area contributed by atoms with Gasteiger partial charge in [-0.3, -0.25) is 4.90 Å². The van der Waals surface area contributed by atoms with Crippen LogP contribution in [0.5, 0.6) is 0 Å². The molecule has 6 heteroatoms. The molecule has 0 bridgehead atoms. The molecule has 2 unspecified atom stereocenters. The fourth-order valence-electron chi connectivity index (χ4n) is 2.29. The summed E-state index contributed by atoms with van der Waals surface area (Å²) in [5, 5.41) is 9.13. The van der Waals surface area contributed by atoms with Crippen molar-refractivity contribution in [1.29, 1.82) is 0 Å². The van der Waals surface area contributed by atoms with Gasteiger partial charge in [-0.2, -0.15) is 0 Å². The minimum atomic E-state index is -0.992. The van der Waals surface area contributed by atoms with Crippen molar-refractivity contribution in [3.63, 3.8) is 0 Å². The minimum absolute atomic E-state index is 0.224. The van der Waals surface area contributed by atoms with Crippen molar-refractivity contribution in [3.8, 4) is 0 Å². The number of hydrogen-bond acceptors (Lipinski definition) is 4. The third kappa shape index (κ3) is 4.16. The number of ether oxygens (including phenoxy) is 1. The largest absolute Gasteiger partial charge is 0.480 e. The molecule has 1 fully saturated rings. The average Bonchev–Trinajstić information content (AvgIpc) is 2.82. The zero-order valence-corrected chi connectivity index (χ0v) is 13.8. The molecule has 0 aliphatic carbocycles. The average molecular weight is 323 g/mol. The van der Waals surface area contributed by atoms with Crippen molar-refractivity contribution in [1.82, 2.24) is 4.90 Å². The monoisotopic (exact) mass is 323 g/mol. The number of rotatable bonds is 3. The SMILES string of the molecule is CC(C)(C)OC(=O)N1C(Cc2ccccc2)SCC1C(=O)O. The maximum absolute atomic E-state index is 12.4. The first kappa shape index (κ1) is 16.7. The topological polar surface area (TPSA) is 66.8 Å². The zero-order valence-electron chi connectivity index (χ0n) is 13.0. The lowest BCUT2D eigenvalue weighted by atomic mass is 10.1. The molecule has 2 atom stereocenters. The number of nitrogens with zero attached hydrogens (tertiary/aromatic N) is 1. The highest BCUT2D eigenvalue weighted by atomic mass is 32.2. The summed E-state index contributed by atoms with van der Waals surface area (Å²) in [4.78, 5) is 25.2. The van der Waals surface area contributed by atoms with Gasteiger partial charge in [0.25, 0.3) is 0 Å². The molecule has 1 aliphatic rings. The van der Waals surface area contributed by atoms with Gasteiger partial charge >= 0.3 is 12.1 Å². The van der Waals surface area contributed by atoms with Gasteiger partial charge in [0.2, 0.25) is 0 Å². The Bertz CT molecular complexity index is 541. The van der Waals surface area contributed by atoms with E-state index in [1.165, 1.54) is 16.7 Å². The summed E-state index contributed by atoms with van der Waals surface area (Å²) >= 11 is 1.48. The van der Waals surface area contributed by atoms with Crippen LogP contribution in [-0.2, 0) is 16.0 Å². The van der Waals surface area contributed by atoms with Gasteiger partial charge in [-0.1, -0.05) is 30.3 Å². The van der Waals surface area contributed by atoms with Gasteiger partial charge in [-0.05, 0) is 26.3 Å². The Morgan fingerprint density at radius 2 is 1.95 bits per heavy atom. The van der Waals surface area contributed by atoms with Crippen LogP contribution < -0.4 is 0 Å². The predicted molar refractivity (Wildman–Crippen MR) is 85.9 cm³/mol. The molecular weight excluding hydrogens is 302 g/mol. The summed E-state index contributed by atoms with van der Waals surface area (Å²) in [5.41, 5.74) is 0.421. The van der Waals surface area contributed by atoms with E-state index in [1.807, 2.05) is 30.3 Å². The molecule has 1 aromatic carbocycles. The second kappa shape index (κ2) is 6.60. The molecule has 22 heavy (non-hydrogen) atoms. The third-order valence-electron chi connectivity index (χ3n) is 3.24. The van der Waals surface area contributed by atoms with E-state index in [0.717, 1.165) is 5.56 Å². The quantitative estimate of drug-likeness (QED) is 0.926. The van der Waals surface area contributed by atoms with Gasteiger partial charge in [0, 0.05) is 12.2 Å². The van der Waals surface area contributed by atoms with Crippen LogP contribution in [0.15, 0.2) is 30.3 Å². The molecular formula is C16H21NO4S. The first-order valence-corrected chi connectivity index (χ1v) is 8.22. The Kier molecular flexibility index (Phi) is 5.01. The maximum Gasteiger partial charge on any atom is 0.411 e. The molecule has 1 aliphatic heterocycles. The Balaban J connectivity index is 2.17. The van der Waals surface area contributed by atoms with E-state index in [1.54, 1.807) is 20.8 Å². The third-order valence-corrected chi connectivity index (χ3v) is 4.52. The number of carbonyl (C=O) groups excluding carboxylic acids is 1. The molecule has 1 N–H and O–H groups in total. The van der Waals surface area contributed by atoms with Gasteiger partial charge in [-0.15, -0.1) is 11.8 Å². The number of carboxylic acid groups (broad SMARTS) is 1. The highest BCUT2D eigenvalue weighted by molar-refractivity contribution is 8.00. The van der Waals surface area contributed by atoms with Crippen molar-refractivity contribution in [2.75, 3.05) is 5.75 Å². The van der Waals surface area contributed by atoms with Gasteiger partial charge in [0.05, 0.1) is 5.37 Å². The predicted octanol–water partition coefficient (Wildman–Crippen LogP) is 2.99. The van der Waals surface area contributed by atoms with E-state index in [0.29, 0.717) is 12.2 Å². The number of thioether (sulfide) groups is 1. The van der Waals surface area contributed by atoms with E-state index in [4.69, 9.17) is 4.74 Å². The van der Waals surface area contributed by atoms with Gasteiger partial charge in [0.15, 0.2) is 0 Å². The number of amides is 1. The molecule has 0 saturated carbocycles. The van der Waals surface area contributed by atoms with Crippen molar-refractivity contribution >= 4 is 23.8 Å². The summed E-state index contributed by atoms with van der Waals surface area (Å²) in [6.07, 6.45) is 0.0416. The van der Waals surface area contributed by atoms with Crippen LogP contribution in [0.4, 0.5) is 4.79 Å². The molecule has 1 aromatic rings. The summed E-state index contributed by atoms with van der Waals surface area (Å²) in [6, 6.07) is 8.90. The van der Waals surface area contributed by atoms with Crippen LogP contribution in [0.1, 0.15) is 26.3 Å². The second-order valence-electron chi connectivity index (χ2n) is 6.22. The van der Waals surface area contributed by atoms with E-state index in [2.05, 4.69) is 0 Å². The molecule has 5 nitrogen and oxygen atoms in total. The van der Waals surface area contributed by atoms with E-state index >= 15 is 0 Å². The standard InChI is InChI=1S/C16H21NO4S/c1-16(2,3)21-15(20)17-12(14(18)19)10-22-13(17)9-11-7-5-4-6-8-11/h4-8,12-13H,9-10H2,1-3H3,(H,18,19).